The summed E-state index contributed by atoms with van der Waals surface area (Å²) in [4.78, 5) is 17.0. The molecule has 0 spiro atoms. The second kappa shape index (κ2) is 6.57. The summed E-state index contributed by atoms with van der Waals surface area (Å²) in [6.45, 7) is 3.86. The molecule has 26 heavy (non-hydrogen) atoms. The highest BCUT2D eigenvalue weighted by Crippen LogP contribution is 2.42. The van der Waals surface area contributed by atoms with Crippen molar-refractivity contribution in [3.8, 4) is 5.69 Å². The molecule has 1 saturated carbocycles. The standard InChI is InChI=1S/C20H19ClN4O/c1-12-3-6-16(10-18(12)21)25-19(14-4-5-14)17(11-23-25)20(26)24-15-7-8-22-13(2)9-15/h3,6-11,14H,4-5H2,1-2H3,(H,22,24,26). The molecular weight excluding hydrogens is 348 g/mol. The first-order chi connectivity index (χ1) is 12.5. The van der Waals surface area contributed by atoms with E-state index >= 15 is 0 Å². The van der Waals surface area contributed by atoms with Gasteiger partial charge in [0.25, 0.3) is 5.91 Å². The number of nitrogens with zero attached hydrogens (tertiary/aromatic N) is 3. The Morgan fingerprint density at radius 3 is 2.73 bits per heavy atom. The maximum Gasteiger partial charge on any atom is 0.259 e. The first kappa shape index (κ1) is 16.8. The van der Waals surface area contributed by atoms with E-state index in [1.807, 2.05) is 42.8 Å². The van der Waals surface area contributed by atoms with Gasteiger partial charge in [-0.3, -0.25) is 9.78 Å². The highest BCUT2D eigenvalue weighted by atomic mass is 35.5. The molecule has 2 heterocycles. The van der Waals surface area contributed by atoms with Crippen LogP contribution in [-0.2, 0) is 0 Å². The SMILES string of the molecule is Cc1cc(NC(=O)c2cnn(-c3ccc(C)c(Cl)c3)c2C2CC2)ccn1. The highest BCUT2D eigenvalue weighted by molar-refractivity contribution is 6.31. The molecule has 3 aromatic rings. The van der Waals surface area contributed by atoms with Crippen LogP contribution in [0.3, 0.4) is 0 Å². The Balaban J connectivity index is 1.70. The Hall–Kier alpha value is -2.66. The van der Waals surface area contributed by atoms with Crippen molar-refractivity contribution in [3.63, 3.8) is 0 Å². The van der Waals surface area contributed by atoms with Gasteiger partial charge in [-0.15, -0.1) is 0 Å². The van der Waals surface area contributed by atoms with Gasteiger partial charge in [0.2, 0.25) is 0 Å². The number of hydrogen-bond acceptors (Lipinski definition) is 3. The van der Waals surface area contributed by atoms with Crippen LogP contribution in [0.15, 0.2) is 42.7 Å². The van der Waals surface area contributed by atoms with Crippen molar-refractivity contribution in [2.24, 2.45) is 0 Å². The number of carbonyl (C=O) groups is 1. The fourth-order valence-electron chi connectivity index (χ4n) is 3.02. The zero-order valence-corrected chi connectivity index (χ0v) is 15.4. The van der Waals surface area contributed by atoms with E-state index in [4.69, 9.17) is 11.6 Å². The number of anilines is 1. The molecule has 0 unspecified atom stereocenters. The molecular formula is C20H19ClN4O. The topological polar surface area (TPSA) is 59.8 Å². The molecule has 6 heteroatoms. The van der Waals surface area contributed by atoms with E-state index in [1.54, 1.807) is 18.5 Å². The maximum absolute atomic E-state index is 12.8. The molecule has 1 N–H and O–H groups in total. The fraction of sp³-hybridized carbons (Fsp3) is 0.250. The van der Waals surface area contributed by atoms with Crippen LogP contribution in [0.1, 0.15) is 46.1 Å². The summed E-state index contributed by atoms with van der Waals surface area (Å²) in [6.07, 6.45) is 5.47. The van der Waals surface area contributed by atoms with Gasteiger partial charge in [0.05, 0.1) is 23.1 Å². The Bertz CT molecular complexity index is 991. The molecule has 1 fully saturated rings. The van der Waals surface area contributed by atoms with Crippen LogP contribution in [0.25, 0.3) is 5.69 Å². The minimum absolute atomic E-state index is 0.151. The molecule has 0 saturated heterocycles. The zero-order valence-electron chi connectivity index (χ0n) is 14.7. The molecule has 1 aromatic carbocycles. The van der Waals surface area contributed by atoms with Crippen molar-refractivity contribution in [2.45, 2.75) is 32.6 Å². The summed E-state index contributed by atoms with van der Waals surface area (Å²) in [5.74, 6) is 0.208. The lowest BCUT2D eigenvalue weighted by Crippen LogP contribution is -2.14. The molecule has 1 aliphatic carbocycles. The number of aromatic nitrogens is 3. The van der Waals surface area contributed by atoms with Gasteiger partial charge in [0.1, 0.15) is 0 Å². The lowest BCUT2D eigenvalue weighted by molar-refractivity contribution is 0.102. The van der Waals surface area contributed by atoms with E-state index in [-0.39, 0.29) is 5.91 Å². The molecule has 1 amide bonds. The Morgan fingerprint density at radius 2 is 2.04 bits per heavy atom. The summed E-state index contributed by atoms with van der Waals surface area (Å²) in [6, 6.07) is 9.47. The number of rotatable bonds is 4. The second-order valence-corrected chi connectivity index (χ2v) is 7.11. The summed E-state index contributed by atoms with van der Waals surface area (Å²) >= 11 is 6.28. The molecule has 5 nitrogen and oxygen atoms in total. The van der Waals surface area contributed by atoms with Gasteiger partial charge < -0.3 is 5.32 Å². The summed E-state index contributed by atoms with van der Waals surface area (Å²) in [7, 11) is 0. The van der Waals surface area contributed by atoms with E-state index < -0.39 is 0 Å². The third kappa shape index (κ3) is 3.22. The van der Waals surface area contributed by atoms with Crippen LogP contribution in [0.4, 0.5) is 5.69 Å². The van der Waals surface area contributed by atoms with Crippen molar-refractivity contribution >= 4 is 23.2 Å². The number of carbonyl (C=O) groups excluding carboxylic acids is 1. The number of halogens is 1. The van der Waals surface area contributed by atoms with Gasteiger partial charge in [0.15, 0.2) is 0 Å². The van der Waals surface area contributed by atoms with Crippen molar-refractivity contribution in [1.29, 1.82) is 0 Å². The van der Waals surface area contributed by atoms with Crippen molar-refractivity contribution in [2.75, 3.05) is 5.32 Å². The van der Waals surface area contributed by atoms with Gasteiger partial charge in [0, 0.05) is 28.5 Å². The van der Waals surface area contributed by atoms with Crippen molar-refractivity contribution < 1.29 is 4.79 Å². The molecule has 4 rings (SSSR count). The highest BCUT2D eigenvalue weighted by Gasteiger charge is 2.33. The average Bonchev–Trinajstić information content (AvgIpc) is 3.35. The summed E-state index contributed by atoms with van der Waals surface area (Å²) < 4.78 is 1.84. The molecule has 0 atom stereocenters. The van der Waals surface area contributed by atoms with E-state index in [2.05, 4.69) is 15.4 Å². The number of benzene rings is 1. The van der Waals surface area contributed by atoms with Crippen LogP contribution in [0.2, 0.25) is 5.02 Å². The summed E-state index contributed by atoms with van der Waals surface area (Å²) in [5, 5.41) is 8.13. The summed E-state index contributed by atoms with van der Waals surface area (Å²) in [5.41, 5.74) is 5.04. The van der Waals surface area contributed by atoms with Gasteiger partial charge in [-0.05, 0) is 56.5 Å². The van der Waals surface area contributed by atoms with Crippen molar-refractivity contribution in [1.82, 2.24) is 14.8 Å². The first-order valence-electron chi connectivity index (χ1n) is 8.61. The van der Waals surface area contributed by atoms with Gasteiger partial charge in [-0.2, -0.15) is 5.10 Å². The average molecular weight is 367 g/mol. The molecule has 0 aliphatic heterocycles. The third-order valence-electron chi connectivity index (χ3n) is 4.57. The predicted octanol–water partition coefficient (Wildman–Crippen LogP) is 4.67. The van der Waals surface area contributed by atoms with E-state index in [9.17, 15) is 4.79 Å². The van der Waals surface area contributed by atoms with E-state index in [0.29, 0.717) is 16.5 Å². The number of pyridine rings is 1. The molecule has 132 valence electrons. The molecule has 0 bridgehead atoms. The lowest BCUT2D eigenvalue weighted by Gasteiger charge is -2.11. The monoisotopic (exact) mass is 366 g/mol. The Morgan fingerprint density at radius 1 is 1.23 bits per heavy atom. The molecule has 1 aliphatic rings. The quantitative estimate of drug-likeness (QED) is 0.730. The van der Waals surface area contributed by atoms with E-state index in [1.165, 1.54) is 0 Å². The number of amides is 1. The zero-order chi connectivity index (χ0) is 18.3. The van der Waals surface area contributed by atoms with Gasteiger partial charge in [-0.25, -0.2) is 4.68 Å². The lowest BCUT2D eigenvalue weighted by atomic mass is 10.1. The predicted molar refractivity (Wildman–Crippen MR) is 102 cm³/mol. The second-order valence-electron chi connectivity index (χ2n) is 6.70. The smallest absolute Gasteiger partial charge is 0.259 e. The van der Waals surface area contributed by atoms with Crippen LogP contribution < -0.4 is 5.32 Å². The van der Waals surface area contributed by atoms with Gasteiger partial charge in [-0.1, -0.05) is 17.7 Å². The Kier molecular flexibility index (Phi) is 4.24. The first-order valence-corrected chi connectivity index (χ1v) is 8.99. The largest absolute Gasteiger partial charge is 0.322 e. The molecule has 2 aromatic heterocycles. The number of hydrogen-bond donors (Lipinski definition) is 1. The number of nitrogens with one attached hydrogen (secondary N) is 1. The minimum atomic E-state index is -0.151. The fourth-order valence-corrected chi connectivity index (χ4v) is 3.20. The normalized spacial score (nSPS) is 13.7. The van der Waals surface area contributed by atoms with E-state index in [0.717, 1.165) is 41.2 Å². The van der Waals surface area contributed by atoms with Crippen LogP contribution in [-0.4, -0.2) is 20.7 Å². The number of aryl methyl sites for hydroxylation is 2. The van der Waals surface area contributed by atoms with Crippen LogP contribution >= 0.6 is 11.6 Å². The van der Waals surface area contributed by atoms with Crippen LogP contribution in [0, 0.1) is 13.8 Å². The van der Waals surface area contributed by atoms with Gasteiger partial charge >= 0.3 is 0 Å². The third-order valence-corrected chi connectivity index (χ3v) is 4.98. The minimum Gasteiger partial charge on any atom is -0.322 e. The van der Waals surface area contributed by atoms with Crippen LogP contribution in [0.5, 0.6) is 0 Å². The Labute approximate surface area is 157 Å². The molecule has 0 radical (unpaired) electrons. The maximum atomic E-state index is 12.8. The van der Waals surface area contributed by atoms with Crippen molar-refractivity contribution in [3.05, 3.63) is 70.3 Å².